The Bertz CT molecular complexity index is 1260. The number of likely N-dealkylation sites (N-methyl/N-ethyl adjacent to an activating group) is 1. The summed E-state index contributed by atoms with van der Waals surface area (Å²) in [4.78, 5) is 26.5. The molecule has 3 aromatic heterocycles. The van der Waals surface area contributed by atoms with Gasteiger partial charge < -0.3 is 9.80 Å². The molecule has 1 aliphatic heterocycles. The normalized spacial score (nSPS) is 14.8. The number of Topliss-reactive ketones (excluding diaryl/α,β-unsaturated/α-hetero) is 1. The third kappa shape index (κ3) is 4.24. The predicted molar refractivity (Wildman–Crippen MR) is 126 cm³/mol. The summed E-state index contributed by atoms with van der Waals surface area (Å²) in [5.74, 6) is 0.958. The summed E-state index contributed by atoms with van der Waals surface area (Å²) in [6.07, 6.45) is 7.62. The maximum Gasteiger partial charge on any atom is 0.170 e. The Morgan fingerprint density at radius 1 is 0.875 bits per heavy atom. The van der Waals surface area contributed by atoms with E-state index in [9.17, 15) is 4.79 Å². The van der Waals surface area contributed by atoms with Crippen molar-refractivity contribution in [3.63, 3.8) is 0 Å². The number of aromatic nitrogens is 4. The van der Waals surface area contributed by atoms with Crippen LogP contribution in [-0.4, -0.2) is 63.7 Å². The molecule has 0 amide bonds. The molecule has 7 nitrogen and oxygen atoms in total. The number of carbonyl (C=O) groups is 1. The summed E-state index contributed by atoms with van der Waals surface area (Å²) in [6, 6.07) is 12.1. The quantitative estimate of drug-likeness (QED) is 0.457. The fraction of sp³-hybridized carbons (Fsp3) is 0.280. The van der Waals surface area contributed by atoms with Crippen molar-refractivity contribution in [2.24, 2.45) is 7.05 Å². The van der Waals surface area contributed by atoms with E-state index in [2.05, 4.69) is 50.1 Å². The number of hydrogen-bond acceptors (Lipinski definition) is 6. The van der Waals surface area contributed by atoms with Crippen LogP contribution in [-0.2, 0) is 13.5 Å². The first-order valence-electron chi connectivity index (χ1n) is 10.9. The van der Waals surface area contributed by atoms with E-state index >= 15 is 0 Å². The van der Waals surface area contributed by atoms with Crippen LogP contribution >= 0.6 is 0 Å². The minimum Gasteiger partial charge on any atom is -0.354 e. The van der Waals surface area contributed by atoms with Crippen LogP contribution in [0.15, 0.2) is 61.2 Å². The molecule has 4 heterocycles. The van der Waals surface area contributed by atoms with Crippen molar-refractivity contribution in [3.8, 4) is 11.1 Å². The monoisotopic (exact) mass is 426 g/mol. The van der Waals surface area contributed by atoms with Gasteiger partial charge in [0.2, 0.25) is 0 Å². The average Bonchev–Trinajstić information content (AvgIpc) is 3.25. The minimum atomic E-state index is 0.0256. The first kappa shape index (κ1) is 20.3. The van der Waals surface area contributed by atoms with Gasteiger partial charge in [-0.1, -0.05) is 12.1 Å². The summed E-state index contributed by atoms with van der Waals surface area (Å²) in [5, 5.41) is 6.36. The zero-order valence-electron chi connectivity index (χ0n) is 18.4. The van der Waals surface area contributed by atoms with E-state index in [1.165, 1.54) is 0 Å². The van der Waals surface area contributed by atoms with Crippen LogP contribution in [0.5, 0.6) is 0 Å². The predicted octanol–water partition coefficient (Wildman–Crippen LogP) is 3.21. The highest BCUT2D eigenvalue weighted by molar-refractivity contribution is 5.97. The van der Waals surface area contributed by atoms with Crippen LogP contribution in [0, 0.1) is 0 Å². The Labute approximate surface area is 187 Å². The first-order valence-corrected chi connectivity index (χ1v) is 10.9. The van der Waals surface area contributed by atoms with E-state index < -0.39 is 0 Å². The number of nitrogens with zero attached hydrogens (tertiary/aromatic N) is 6. The lowest BCUT2D eigenvalue weighted by Crippen LogP contribution is -2.44. The molecule has 0 atom stereocenters. The number of anilines is 1. The highest BCUT2D eigenvalue weighted by Gasteiger charge is 2.16. The van der Waals surface area contributed by atoms with Gasteiger partial charge in [0.1, 0.15) is 5.82 Å². The second-order valence-corrected chi connectivity index (χ2v) is 8.44. The number of carbonyl (C=O) groups excluding carboxylic acids is 1. The molecule has 1 fully saturated rings. The standard InChI is InChI=1S/C25H26N6O/c1-29-7-9-31(10-8-29)25-6-5-20(15-27-25)24(32)13-23-12-21-11-18(3-4-19(21)14-26-23)22-16-28-30(2)17-22/h3-6,11-12,14-17H,7-10,13H2,1-2H3. The van der Waals surface area contributed by atoms with Gasteiger partial charge in [-0.2, -0.15) is 5.10 Å². The smallest absolute Gasteiger partial charge is 0.170 e. The van der Waals surface area contributed by atoms with Crippen LogP contribution in [0.25, 0.3) is 21.9 Å². The van der Waals surface area contributed by atoms with Gasteiger partial charge in [0.25, 0.3) is 0 Å². The molecule has 0 bridgehead atoms. The van der Waals surface area contributed by atoms with Gasteiger partial charge in [0, 0.05) is 74.0 Å². The first-order chi connectivity index (χ1) is 15.5. The van der Waals surface area contributed by atoms with Crippen LogP contribution < -0.4 is 4.90 Å². The maximum atomic E-state index is 12.9. The summed E-state index contributed by atoms with van der Waals surface area (Å²) in [6.45, 7) is 3.97. The number of benzene rings is 1. The Hall–Kier alpha value is -3.58. The summed E-state index contributed by atoms with van der Waals surface area (Å²) in [7, 11) is 4.04. The van der Waals surface area contributed by atoms with Crippen molar-refractivity contribution in [1.82, 2.24) is 24.6 Å². The number of hydrogen-bond donors (Lipinski definition) is 0. The van der Waals surface area contributed by atoms with Gasteiger partial charge in [-0.15, -0.1) is 0 Å². The fourth-order valence-corrected chi connectivity index (χ4v) is 4.07. The molecule has 1 saturated heterocycles. The molecule has 0 radical (unpaired) electrons. The van der Waals surface area contributed by atoms with Gasteiger partial charge in [-0.05, 0) is 42.3 Å². The molecule has 7 heteroatoms. The van der Waals surface area contributed by atoms with Crippen molar-refractivity contribution < 1.29 is 4.79 Å². The number of rotatable bonds is 5. The van der Waals surface area contributed by atoms with Gasteiger partial charge >= 0.3 is 0 Å². The highest BCUT2D eigenvalue weighted by atomic mass is 16.1. The van der Waals surface area contributed by atoms with E-state index in [-0.39, 0.29) is 12.2 Å². The van der Waals surface area contributed by atoms with Crippen molar-refractivity contribution in [2.75, 3.05) is 38.1 Å². The number of aryl methyl sites for hydroxylation is 1. The van der Waals surface area contributed by atoms with E-state index in [1.807, 2.05) is 43.8 Å². The Balaban J connectivity index is 1.31. The number of fused-ring (bicyclic) bond motifs is 1. The van der Waals surface area contributed by atoms with Gasteiger partial charge in [0.15, 0.2) is 5.78 Å². The Kier molecular flexibility index (Phi) is 5.41. The van der Waals surface area contributed by atoms with Gasteiger partial charge in [-0.25, -0.2) is 4.98 Å². The lowest BCUT2D eigenvalue weighted by molar-refractivity contribution is 0.0991. The third-order valence-electron chi connectivity index (χ3n) is 6.06. The Morgan fingerprint density at radius 3 is 2.44 bits per heavy atom. The second-order valence-electron chi connectivity index (χ2n) is 8.44. The zero-order valence-corrected chi connectivity index (χ0v) is 18.4. The molecular weight excluding hydrogens is 400 g/mol. The topological polar surface area (TPSA) is 67.2 Å². The minimum absolute atomic E-state index is 0.0256. The van der Waals surface area contributed by atoms with Crippen LogP contribution in [0.2, 0.25) is 0 Å². The average molecular weight is 427 g/mol. The molecule has 0 aliphatic carbocycles. The molecule has 0 spiro atoms. The number of ketones is 1. The fourth-order valence-electron chi connectivity index (χ4n) is 4.07. The summed E-state index contributed by atoms with van der Waals surface area (Å²) in [5.41, 5.74) is 3.54. The number of pyridine rings is 2. The summed E-state index contributed by atoms with van der Waals surface area (Å²) >= 11 is 0. The van der Waals surface area contributed by atoms with E-state index in [0.717, 1.165) is 59.6 Å². The van der Waals surface area contributed by atoms with Crippen molar-refractivity contribution in [3.05, 3.63) is 72.4 Å². The molecular formula is C25H26N6O. The van der Waals surface area contributed by atoms with E-state index in [4.69, 9.17) is 0 Å². The van der Waals surface area contributed by atoms with Gasteiger partial charge in [0.05, 0.1) is 12.6 Å². The van der Waals surface area contributed by atoms with Crippen molar-refractivity contribution >= 4 is 22.4 Å². The van der Waals surface area contributed by atoms with Crippen LogP contribution in [0.4, 0.5) is 5.82 Å². The maximum absolute atomic E-state index is 12.9. The molecule has 162 valence electrons. The molecule has 4 aromatic rings. The number of piperazine rings is 1. The SMILES string of the molecule is CN1CCN(c2ccc(C(=O)Cc3cc4cc(-c5cnn(C)c5)ccc4cn3)cn2)CC1. The Morgan fingerprint density at radius 2 is 1.72 bits per heavy atom. The molecule has 5 rings (SSSR count). The zero-order chi connectivity index (χ0) is 22.1. The van der Waals surface area contributed by atoms with Gasteiger partial charge in [-0.3, -0.25) is 14.5 Å². The lowest BCUT2D eigenvalue weighted by Gasteiger charge is -2.33. The van der Waals surface area contributed by atoms with Crippen LogP contribution in [0.3, 0.4) is 0 Å². The summed E-state index contributed by atoms with van der Waals surface area (Å²) < 4.78 is 1.79. The molecule has 1 aliphatic rings. The molecule has 0 unspecified atom stereocenters. The molecule has 1 aromatic carbocycles. The molecule has 32 heavy (non-hydrogen) atoms. The van der Waals surface area contributed by atoms with Crippen molar-refractivity contribution in [1.29, 1.82) is 0 Å². The lowest BCUT2D eigenvalue weighted by atomic mass is 10.0. The molecule has 0 saturated carbocycles. The second kappa shape index (κ2) is 8.51. The van der Waals surface area contributed by atoms with Crippen LogP contribution in [0.1, 0.15) is 16.1 Å². The largest absolute Gasteiger partial charge is 0.354 e. The highest BCUT2D eigenvalue weighted by Crippen LogP contribution is 2.24. The van der Waals surface area contributed by atoms with Crippen molar-refractivity contribution in [2.45, 2.75) is 6.42 Å². The van der Waals surface area contributed by atoms with E-state index in [1.54, 1.807) is 10.9 Å². The van der Waals surface area contributed by atoms with E-state index in [0.29, 0.717) is 5.56 Å². The third-order valence-corrected chi connectivity index (χ3v) is 6.06. The molecule has 0 N–H and O–H groups in total.